The molecule has 0 fully saturated rings. The highest BCUT2D eigenvalue weighted by Crippen LogP contribution is 2.31. The molecule has 11 heteroatoms. The Morgan fingerprint density at radius 1 is 1.28 bits per heavy atom. The van der Waals surface area contributed by atoms with Gasteiger partial charge in [-0.3, -0.25) is 4.79 Å². The van der Waals surface area contributed by atoms with Crippen LogP contribution in [0.15, 0.2) is 54.7 Å². The van der Waals surface area contributed by atoms with Crippen molar-refractivity contribution in [2.24, 2.45) is 0 Å². The number of nitrogens with one attached hydrogen (secondary N) is 1. The quantitative estimate of drug-likeness (QED) is 0.513. The van der Waals surface area contributed by atoms with Crippen LogP contribution in [0.4, 0.5) is 19.0 Å². The van der Waals surface area contributed by atoms with Crippen LogP contribution in [0.3, 0.4) is 0 Å². The lowest BCUT2D eigenvalue weighted by molar-refractivity contribution is -0.137. The number of ether oxygens (including phenoxy) is 1. The number of alkyl halides is 3. The van der Waals surface area contributed by atoms with Crippen LogP contribution in [0, 0.1) is 11.3 Å². The minimum Gasteiger partial charge on any atom is -0.491 e. The van der Waals surface area contributed by atoms with Crippen LogP contribution in [0.25, 0.3) is 5.69 Å². The largest absolute Gasteiger partial charge is 0.491 e. The lowest BCUT2D eigenvalue weighted by atomic mass is 10.2. The Bertz CT molecular complexity index is 1150. The number of carbonyl (C=O) groups excluding carboxylic acids is 1. The number of nitriles is 1. The second kappa shape index (κ2) is 9.40. The molecule has 166 valence electrons. The van der Waals surface area contributed by atoms with Gasteiger partial charge in [-0.15, -0.1) is 0 Å². The number of aliphatic hydroxyl groups is 1. The lowest BCUT2D eigenvalue weighted by Crippen LogP contribution is -2.35. The van der Waals surface area contributed by atoms with Gasteiger partial charge in [0.1, 0.15) is 35.9 Å². The van der Waals surface area contributed by atoms with Crippen molar-refractivity contribution in [3.8, 4) is 17.5 Å². The number of nitrogen functional groups attached to an aromatic ring is 1. The Morgan fingerprint density at radius 2 is 2.03 bits per heavy atom. The van der Waals surface area contributed by atoms with Gasteiger partial charge in [0, 0.05) is 12.1 Å². The average molecular weight is 445 g/mol. The molecule has 0 bridgehead atoms. The minimum absolute atomic E-state index is 0.0496. The molecule has 1 heterocycles. The Labute approximate surface area is 180 Å². The van der Waals surface area contributed by atoms with Crippen LogP contribution < -0.4 is 15.8 Å². The van der Waals surface area contributed by atoms with E-state index < -0.39 is 23.8 Å². The van der Waals surface area contributed by atoms with Crippen LogP contribution in [0.5, 0.6) is 5.75 Å². The molecule has 1 amide bonds. The van der Waals surface area contributed by atoms with Crippen LogP contribution in [0.1, 0.15) is 21.5 Å². The first-order valence-electron chi connectivity index (χ1n) is 9.29. The molecule has 0 radical (unpaired) electrons. The smallest absolute Gasteiger partial charge is 0.416 e. The summed E-state index contributed by atoms with van der Waals surface area (Å²) in [6, 6.07) is 12.5. The number of benzene rings is 2. The first-order valence-corrected chi connectivity index (χ1v) is 9.29. The molecule has 0 aliphatic carbocycles. The SMILES string of the molecule is N#Cc1cnn(-c2cccc(C(=O)NCC(O)COc3cccc(C(F)(F)F)c3)c2)c1N. The van der Waals surface area contributed by atoms with Crippen molar-refractivity contribution in [1.82, 2.24) is 15.1 Å². The van der Waals surface area contributed by atoms with Gasteiger partial charge in [-0.05, 0) is 36.4 Å². The topological polar surface area (TPSA) is 126 Å². The molecule has 0 aliphatic rings. The third-order valence-corrected chi connectivity index (χ3v) is 4.38. The Balaban J connectivity index is 1.57. The third-order valence-electron chi connectivity index (χ3n) is 4.38. The number of rotatable bonds is 7. The minimum atomic E-state index is -4.50. The number of carbonyl (C=O) groups is 1. The summed E-state index contributed by atoms with van der Waals surface area (Å²) >= 11 is 0. The monoisotopic (exact) mass is 445 g/mol. The Hall–Kier alpha value is -4.04. The molecule has 0 aliphatic heterocycles. The van der Waals surface area contributed by atoms with Crippen molar-refractivity contribution in [3.63, 3.8) is 0 Å². The van der Waals surface area contributed by atoms with Crippen LogP contribution >= 0.6 is 0 Å². The fourth-order valence-corrected chi connectivity index (χ4v) is 2.75. The zero-order valence-electron chi connectivity index (χ0n) is 16.5. The average Bonchev–Trinajstić information content (AvgIpc) is 3.16. The first-order chi connectivity index (χ1) is 15.2. The number of amides is 1. The number of hydrogen-bond donors (Lipinski definition) is 3. The molecule has 2 aromatic carbocycles. The van der Waals surface area contributed by atoms with Crippen molar-refractivity contribution in [1.29, 1.82) is 5.26 Å². The van der Waals surface area contributed by atoms with E-state index in [-0.39, 0.29) is 35.8 Å². The molecule has 1 unspecified atom stereocenters. The highest BCUT2D eigenvalue weighted by atomic mass is 19.4. The van der Waals surface area contributed by atoms with E-state index in [2.05, 4.69) is 10.4 Å². The molecule has 1 atom stereocenters. The van der Waals surface area contributed by atoms with Gasteiger partial charge in [0.2, 0.25) is 0 Å². The van der Waals surface area contributed by atoms with E-state index in [1.54, 1.807) is 12.1 Å². The maximum absolute atomic E-state index is 12.7. The lowest BCUT2D eigenvalue weighted by Gasteiger charge is -2.15. The highest BCUT2D eigenvalue weighted by Gasteiger charge is 2.30. The molecule has 3 rings (SSSR count). The normalized spacial score (nSPS) is 12.1. The summed E-state index contributed by atoms with van der Waals surface area (Å²) in [4.78, 5) is 12.4. The summed E-state index contributed by atoms with van der Waals surface area (Å²) in [5.41, 5.74) is 5.90. The van der Waals surface area contributed by atoms with Crippen molar-refractivity contribution in [3.05, 3.63) is 71.4 Å². The summed E-state index contributed by atoms with van der Waals surface area (Å²) in [5, 5.41) is 25.5. The zero-order chi connectivity index (χ0) is 23.3. The first kappa shape index (κ1) is 22.6. The van der Waals surface area contributed by atoms with Gasteiger partial charge in [0.05, 0.1) is 17.4 Å². The Kier molecular flexibility index (Phi) is 6.65. The van der Waals surface area contributed by atoms with E-state index >= 15 is 0 Å². The van der Waals surface area contributed by atoms with Gasteiger partial charge in [-0.25, -0.2) is 4.68 Å². The fraction of sp³-hybridized carbons (Fsp3) is 0.190. The number of nitrogens with two attached hydrogens (primary N) is 1. The van der Waals surface area contributed by atoms with Gasteiger partial charge in [-0.2, -0.15) is 23.5 Å². The second-order valence-electron chi connectivity index (χ2n) is 6.72. The fourth-order valence-electron chi connectivity index (χ4n) is 2.75. The molecule has 0 spiro atoms. The summed E-state index contributed by atoms with van der Waals surface area (Å²) < 4.78 is 44.7. The van der Waals surface area contributed by atoms with Gasteiger partial charge in [0.15, 0.2) is 0 Å². The summed E-state index contributed by atoms with van der Waals surface area (Å²) in [7, 11) is 0. The van der Waals surface area contributed by atoms with Crippen molar-refractivity contribution < 1.29 is 27.8 Å². The molecule has 1 aromatic heterocycles. The number of aliphatic hydroxyl groups excluding tert-OH is 1. The van der Waals surface area contributed by atoms with E-state index in [1.165, 1.54) is 35.1 Å². The van der Waals surface area contributed by atoms with E-state index in [0.29, 0.717) is 5.69 Å². The van der Waals surface area contributed by atoms with Crippen LogP contribution in [0.2, 0.25) is 0 Å². The number of anilines is 1. The number of halogens is 3. The predicted molar refractivity (Wildman–Crippen MR) is 108 cm³/mol. The van der Waals surface area contributed by atoms with E-state index in [4.69, 9.17) is 15.7 Å². The number of nitrogens with zero attached hydrogens (tertiary/aromatic N) is 3. The maximum atomic E-state index is 12.7. The van der Waals surface area contributed by atoms with Gasteiger partial charge >= 0.3 is 6.18 Å². The molecule has 8 nitrogen and oxygen atoms in total. The van der Waals surface area contributed by atoms with Crippen molar-refractivity contribution in [2.45, 2.75) is 12.3 Å². The standard InChI is InChI=1S/C21H18F3N5O3/c22-21(23,24)15-4-2-6-18(8-15)32-12-17(30)11-27-20(31)13-3-1-5-16(7-13)29-19(26)14(9-25)10-28-29/h1-8,10,17,30H,11-12,26H2,(H,27,31). The van der Waals surface area contributed by atoms with Gasteiger partial charge in [0.25, 0.3) is 5.91 Å². The summed E-state index contributed by atoms with van der Waals surface area (Å²) in [6.45, 7) is -0.507. The molecular weight excluding hydrogens is 427 g/mol. The maximum Gasteiger partial charge on any atom is 0.416 e. The highest BCUT2D eigenvalue weighted by molar-refractivity contribution is 5.94. The third kappa shape index (κ3) is 5.35. The molecule has 3 aromatic rings. The summed E-state index contributed by atoms with van der Waals surface area (Å²) in [6.07, 6.45) is -4.35. The van der Waals surface area contributed by atoms with Gasteiger partial charge < -0.3 is 20.9 Å². The molecule has 0 saturated heterocycles. The van der Waals surface area contributed by atoms with E-state index in [9.17, 15) is 23.1 Å². The van der Waals surface area contributed by atoms with E-state index in [1.807, 2.05) is 6.07 Å². The molecule has 0 saturated carbocycles. The zero-order valence-corrected chi connectivity index (χ0v) is 16.5. The van der Waals surface area contributed by atoms with Crippen LogP contribution in [-0.2, 0) is 6.18 Å². The molecule has 32 heavy (non-hydrogen) atoms. The number of aromatic nitrogens is 2. The van der Waals surface area contributed by atoms with Crippen molar-refractivity contribution >= 4 is 11.7 Å². The van der Waals surface area contributed by atoms with E-state index in [0.717, 1.165) is 12.1 Å². The number of hydrogen-bond acceptors (Lipinski definition) is 6. The van der Waals surface area contributed by atoms with Crippen molar-refractivity contribution in [2.75, 3.05) is 18.9 Å². The molecule has 4 N–H and O–H groups in total. The Morgan fingerprint density at radius 3 is 2.72 bits per heavy atom. The second-order valence-corrected chi connectivity index (χ2v) is 6.72. The molecular formula is C21H18F3N5O3. The van der Waals surface area contributed by atoms with Crippen LogP contribution in [-0.4, -0.2) is 40.0 Å². The predicted octanol–water partition coefficient (Wildman–Crippen LogP) is 2.51. The summed E-state index contributed by atoms with van der Waals surface area (Å²) in [5.74, 6) is -0.421. The van der Waals surface area contributed by atoms with Gasteiger partial charge in [-0.1, -0.05) is 12.1 Å².